The van der Waals surface area contributed by atoms with Crippen molar-refractivity contribution >= 4 is 24.2 Å². The van der Waals surface area contributed by atoms with Gasteiger partial charge in [-0.05, 0) is 26.9 Å². The number of carbonyl (C=O) groups is 1. The van der Waals surface area contributed by atoms with Crippen molar-refractivity contribution in [1.29, 1.82) is 0 Å². The highest BCUT2D eigenvalue weighted by Gasteiger charge is 2.21. The maximum Gasteiger partial charge on any atom is 0.240 e. The highest BCUT2D eigenvalue weighted by Crippen LogP contribution is 2.09. The fourth-order valence-corrected chi connectivity index (χ4v) is 1.97. The van der Waals surface area contributed by atoms with Gasteiger partial charge in [0.1, 0.15) is 0 Å². The standard InChI is InChI=1S/C11H18N4O2.ClH/c1-8-5-11(17-14-8)13-10(16)7-15(2)9-3-4-12-6-9;/h5,9,12H,3-4,6-7H2,1-2H3,(H,13,16);1H. The van der Waals surface area contributed by atoms with Gasteiger partial charge >= 0.3 is 0 Å². The lowest BCUT2D eigenvalue weighted by Gasteiger charge is -2.22. The van der Waals surface area contributed by atoms with E-state index in [4.69, 9.17) is 4.52 Å². The van der Waals surface area contributed by atoms with Gasteiger partial charge in [0.2, 0.25) is 11.8 Å². The number of nitrogens with one attached hydrogen (secondary N) is 2. The topological polar surface area (TPSA) is 70.4 Å². The van der Waals surface area contributed by atoms with Gasteiger partial charge < -0.3 is 9.84 Å². The molecule has 1 saturated heterocycles. The van der Waals surface area contributed by atoms with Gasteiger partial charge in [-0.2, -0.15) is 0 Å². The summed E-state index contributed by atoms with van der Waals surface area (Å²) >= 11 is 0. The van der Waals surface area contributed by atoms with Crippen LogP contribution in [-0.4, -0.2) is 48.7 Å². The quantitative estimate of drug-likeness (QED) is 0.843. The highest BCUT2D eigenvalue weighted by atomic mass is 35.5. The molecule has 1 aromatic rings. The van der Waals surface area contributed by atoms with Gasteiger partial charge in [0, 0.05) is 18.7 Å². The summed E-state index contributed by atoms with van der Waals surface area (Å²) in [7, 11) is 1.96. The van der Waals surface area contributed by atoms with E-state index < -0.39 is 0 Å². The van der Waals surface area contributed by atoms with Crippen molar-refractivity contribution in [3.63, 3.8) is 0 Å². The molecular formula is C11H19ClN4O2. The van der Waals surface area contributed by atoms with E-state index in [1.807, 2.05) is 14.0 Å². The van der Waals surface area contributed by atoms with Crippen molar-refractivity contribution in [3.05, 3.63) is 11.8 Å². The van der Waals surface area contributed by atoms with Crippen LogP contribution in [0.25, 0.3) is 0 Å². The third-order valence-electron chi connectivity index (χ3n) is 2.94. The van der Waals surface area contributed by atoms with Crippen LogP contribution in [0.3, 0.4) is 0 Å². The molecule has 0 bridgehead atoms. The molecule has 1 amide bonds. The number of rotatable bonds is 4. The third kappa shape index (κ3) is 3.97. The van der Waals surface area contributed by atoms with E-state index in [-0.39, 0.29) is 18.3 Å². The predicted molar refractivity (Wildman–Crippen MR) is 71.0 cm³/mol. The number of nitrogens with zero attached hydrogens (tertiary/aromatic N) is 2. The first-order valence-corrected chi connectivity index (χ1v) is 5.79. The van der Waals surface area contributed by atoms with Gasteiger partial charge in [0.15, 0.2) is 0 Å². The molecule has 0 aromatic carbocycles. The van der Waals surface area contributed by atoms with Crippen molar-refractivity contribution in [2.45, 2.75) is 19.4 Å². The molecule has 1 unspecified atom stereocenters. The minimum atomic E-state index is -0.0736. The first-order chi connectivity index (χ1) is 8.15. The van der Waals surface area contributed by atoms with E-state index in [1.54, 1.807) is 6.07 Å². The fourth-order valence-electron chi connectivity index (χ4n) is 1.97. The molecule has 0 spiro atoms. The summed E-state index contributed by atoms with van der Waals surface area (Å²) in [4.78, 5) is 13.8. The molecule has 18 heavy (non-hydrogen) atoms. The summed E-state index contributed by atoms with van der Waals surface area (Å²) in [6, 6.07) is 2.15. The zero-order valence-corrected chi connectivity index (χ0v) is 11.4. The van der Waals surface area contributed by atoms with Crippen LogP contribution in [-0.2, 0) is 4.79 Å². The number of hydrogen-bond acceptors (Lipinski definition) is 5. The molecule has 1 aliphatic rings. The Kier molecular flexibility index (Phi) is 5.58. The van der Waals surface area contributed by atoms with E-state index >= 15 is 0 Å². The first-order valence-electron chi connectivity index (χ1n) is 5.79. The third-order valence-corrected chi connectivity index (χ3v) is 2.94. The molecule has 0 radical (unpaired) electrons. The number of hydrogen-bond donors (Lipinski definition) is 2. The predicted octanol–water partition coefficient (Wildman–Crippen LogP) is 0.637. The number of aromatic nitrogens is 1. The summed E-state index contributed by atoms with van der Waals surface area (Å²) in [5.41, 5.74) is 0.758. The molecule has 2 heterocycles. The second-order valence-electron chi connectivity index (χ2n) is 4.44. The van der Waals surface area contributed by atoms with Gasteiger partial charge in [0.25, 0.3) is 0 Å². The van der Waals surface area contributed by atoms with Crippen LogP contribution in [0.5, 0.6) is 0 Å². The van der Waals surface area contributed by atoms with Crippen LogP contribution < -0.4 is 10.6 Å². The molecule has 1 aromatic heterocycles. The maximum absolute atomic E-state index is 11.7. The fraction of sp³-hybridized carbons (Fsp3) is 0.636. The zero-order chi connectivity index (χ0) is 12.3. The van der Waals surface area contributed by atoms with E-state index in [0.717, 1.165) is 25.2 Å². The summed E-state index contributed by atoms with van der Waals surface area (Å²) in [5, 5.41) is 9.68. The minimum Gasteiger partial charge on any atom is -0.338 e. The average Bonchev–Trinajstić information content (AvgIpc) is 2.89. The molecule has 1 fully saturated rings. The Balaban J connectivity index is 0.00000162. The van der Waals surface area contributed by atoms with E-state index in [1.165, 1.54) is 0 Å². The van der Waals surface area contributed by atoms with Gasteiger partial charge in [-0.15, -0.1) is 12.4 Å². The smallest absolute Gasteiger partial charge is 0.240 e. The largest absolute Gasteiger partial charge is 0.338 e. The Hall–Kier alpha value is -1.11. The molecule has 0 saturated carbocycles. The van der Waals surface area contributed by atoms with E-state index in [2.05, 4.69) is 20.7 Å². The van der Waals surface area contributed by atoms with Crippen LogP contribution in [0.1, 0.15) is 12.1 Å². The van der Waals surface area contributed by atoms with Crippen LogP contribution >= 0.6 is 12.4 Å². The molecule has 6 nitrogen and oxygen atoms in total. The Labute approximate surface area is 112 Å². The van der Waals surface area contributed by atoms with Crippen molar-refractivity contribution < 1.29 is 9.32 Å². The SMILES string of the molecule is Cc1cc(NC(=O)CN(C)C2CCNC2)on1.Cl. The number of halogens is 1. The molecule has 0 aliphatic carbocycles. The lowest BCUT2D eigenvalue weighted by Crippen LogP contribution is -2.39. The second kappa shape index (κ2) is 6.72. The molecule has 1 atom stereocenters. The molecule has 7 heteroatoms. The van der Waals surface area contributed by atoms with Gasteiger partial charge in [-0.3, -0.25) is 15.0 Å². The summed E-state index contributed by atoms with van der Waals surface area (Å²) in [5.74, 6) is 0.334. The van der Waals surface area contributed by atoms with Crippen LogP contribution in [0, 0.1) is 6.92 Å². The van der Waals surface area contributed by atoms with Gasteiger partial charge in [0.05, 0.1) is 12.2 Å². The normalized spacial score (nSPS) is 18.7. The van der Waals surface area contributed by atoms with Gasteiger partial charge in [-0.1, -0.05) is 5.16 Å². The van der Waals surface area contributed by atoms with Crippen molar-refractivity contribution in [1.82, 2.24) is 15.4 Å². The summed E-state index contributed by atoms with van der Waals surface area (Å²) < 4.78 is 4.93. The molecule has 2 rings (SSSR count). The number of amides is 1. The number of aryl methyl sites for hydroxylation is 1. The Morgan fingerprint density at radius 2 is 2.50 bits per heavy atom. The first kappa shape index (κ1) is 14.9. The van der Waals surface area contributed by atoms with Crippen molar-refractivity contribution in [2.75, 3.05) is 32.0 Å². The van der Waals surface area contributed by atoms with E-state index in [9.17, 15) is 4.79 Å². The van der Waals surface area contributed by atoms with Crippen LogP contribution in [0.2, 0.25) is 0 Å². The van der Waals surface area contributed by atoms with Crippen molar-refractivity contribution in [3.8, 4) is 0 Å². The molecule has 102 valence electrons. The Morgan fingerprint density at radius 3 is 3.06 bits per heavy atom. The molecule has 2 N–H and O–H groups in total. The second-order valence-corrected chi connectivity index (χ2v) is 4.44. The Morgan fingerprint density at radius 1 is 1.72 bits per heavy atom. The highest BCUT2D eigenvalue weighted by molar-refractivity contribution is 5.90. The lowest BCUT2D eigenvalue weighted by atomic mass is 10.2. The number of carbonyl (C=O) groups excluding carboxylic acids is 1. The minimum absolute atomic E-state index is 0. The van der Waals surface area contributed by atoms with Crippen molar-refractivity contribution in [2.24, 2.45) is 0 Å². The summed E-state index contributed by atoms with van der Waals surface area (Å²) in [6.07, 6.45) is 1.09. The molecular weight excluding hydrogens is 256 g/mol. The number of anilines is 1. The maximum atomic E-state index is 11.7. The van der Waals surface area contributed by atoms with Crippen LogP contribution in [0.15, 0.2) is 10.6 Å². The molecule has 1 aliphatic heterocycles. The van der Waals surface area contributed by atoms with Crippen LogP contribution in [0.4, 0.5) is 5.88 Å². The average molecular weight is 275 g/mol. The lowest BCUT2D eigenvalue weighted by molar-refractivity contribution is -0.117. The summed E-state index contributed by atoms with van der Waals surface area (Å²) in [6.45, 7) is 4.16. The monoisotopic (exact) mass is 274 g/mol. The number of likely N-dealkylation sites (N-methyl/N-ethyl adjacent to an activating group) is 1. The van der Waals surface area contributed by atoms with Gasteiger partial charge in [-0.25, -0.2) is 0 Å². The Bertz CT molecular complexity index is 390. The van der Waals surface area contributed by atoms with E-state index in [0.29, 0.717) is 18.5 Å². The zero-order valence-electron chi connectivity index (χ0n) is 10.6.